The first-order valence-electron chi connectivity index (χ1n) is 2.95. The summed E-state index contributed by atoms with van der Waals surface area (Å²) < 4.78 is 0. The van der Waals surface area contributed by atoms with Gasteiger partial charge < -0.3 is 6.15 Å². The van der Waals surface area contributed by atoms with Crippen LogP contribution in [0.1, 0.15) is 20.8 Å². The van der Waals surface area contributed by atoms with Crippen LogP contribution in [-0.4, -0.2) is 8.32 Å². The maximum atomic E-state index is 11.3. The summed E-state index contributed by atoms with van der Waals surface area (Å²) in [5.74, 6) is 0. The Morgan fingerprint density at radius 2 is 1.22 bits per heavy atom. The van der Waals surface area contributed by atoms with Gasteiger partial charge in [0, 0.05) is 0 Å². The van der Waals surface area contributed by atoms with Crippen molar-refractivity contribution >= 4 is 8.32 Å². The Hall–Kier alpha value is 0.137. The van der Waals surface area contributed by atoms with Gasteiger partial charge in [-0.25, -0.2) is 0 Å². The lowest BCUT2D eigenvalue weighted by Gasteiger charge is -2.27. The molecule has 3 heteroatoms. The first kappa shape index (κ1) is 11.9. The Balaban J connectivity index is 0. The zero-order valence-corrected chi connectivity index (χ0v) is 8.12. The summed E-state index contributed by atoms with van der Waals surface area (Å²) in [6.07, 6.45) is 0. The molecule has 0 rings (SSSR count). The highest BCUT2D eigenvalue weighted by molar-refractivity contribution is 6.72. The standard InChI is InChI=1S/C6H15OSi.H3N/c1-6(2,3)8(4,5)7;/h1-5H3;1H3. The molecule has 0 aliphatic heterocycles. The molecule has 3 N–H and O–H groups in total. The van der Waals surface area contributed by atoms with Gasteiger partial charge in [0.2, 0.25) is 8.32 Å². The Morgan fingerprint density at radius 3 is 1.22 bits per heavy atom. The van der Waals surface area contributed by atoms with Gasteiger partial charge in [-0.3, -0.25) is 4.80 Å². The van der Waals surface area contributed by atoms with Gasteiger partial charge in [-0.1, -0.05) is 20.8 Å². The van der Waals surface area contributed by atoms with Crippen LogP contribution >= 0.6 is 0 Å². The first-order valence-corrected chi connectivity index (χ1v) is 5.86. The minimum atomic E-state index is -2.11. The number of hydrogen-bond acceptors (Lipinski definition) is 1. The summed E-state index contributed by atoms with van der Waals surface area (Å²) in [7, 11) is -2.11. The summed E-state index contributed by atoms with van der Waals surface area (Å²) in [6.45, 7) is 9.77. The van der Waals surface area contributed by atoms with Crippen LogP contribution in [0.15, 0.2) is 0 Å². The van der Waals surface area contributed by atoms with Crippen LogP contribution in [0.5, 0.6) is 0 Å². The predicted molar refractivity (Wildman–Crippen MR) is 42.9 cm³/mol. The second-order valence-corrected chi connectivity index (χ2v) is 8.28. The molecule has 0 aliphatic rings. The van der Waals surface area contributed by atoms with Crippen molar-refractivity contribution in [2.75, 3.05) is 0 Å². The van der Waals surface area contributed by atoms with Gasteiger partial charge in [0.1, 0.15) is 0 Å². The summed E-state index contributed by atoms with van der Waals surface area (Å²) in [5.41, 5.74) is 0. The molecule has 0 aromatic rings. The van der Waals surface area contributed by atoms with Crippen molar-refractivity contribution in [2.24, 2.45) is 0 Å². The highest BCUT2D eigenvalue weighted by Gasteiger charge is 2.35. The van der Waals surface area contributed by atoms with Crippen LogP contribution in [-0.2, 0) is 4.80 Å². The van der Waals surface area contributed by atoms with Crippen LogP contribution in [0.2, 0.25) is 18.1 Å². The van der Waals surface area contributed by atoms with E-state index in [0.29, 0.717) is 0 Å². The molecule has 0 aliphatic carbocycles. The minimum absolute atomic E-state index is 0. The molecule has 1 radical (unpaired) electrons. The SMILES string of the molecule is CC(C)(C)[Si](C)(C)[O].N. The fraction of sp³-hybridized carbons (Fsp3) is 1.00. The van der Waals surface area contributed by atoms with Crippen LogP contribution in [0, 0.1) is 0 Å². The van der Waals surface area contributed by atoms with Crippen LogP contribution < -0.4 is 6.15 Å². The molecule has 2 nitrogen and oxygen atoms in total. The third-order valence-electron chi connectivity index (χ3n) is 1.81. The lowest BCUT2D eigenvalue weighted by atomic mass is 10.2. The molecular weight excluding hydrogens is 130 g/mol. The second-order valence-electron chi connectivity index (χ2n) is 3.76. The van der Waals surface area contributed by atoms with Crippen LogP contribution in [0.4, 0.5) is 0 Å². The molecule has 0 unspecified atom stereocenters. The lowest BCUT2D eigenvalue weighted by Crippen LogP contribution is -2.35. The number of hydrogen-bond donors (Lipinski definition) is 1. The van der Waals surface area contributed by atoms with Crippen LogP contribution in [0.25, 0.3) is 0 Å². The molecule has 0 aromatic heterocycles. The third kappa shape index (κ3) is 3.67. The molecule has 0 amide bonds. The van der Waals surface area contributed by atoms with Gasteiger partial charge in [0.25, 0.3) is 0 Å². The van der Waals surface area contributed by atoms with Crippen molar-refractivity contribution in [3.8, 4) is 0 Å². The molecule has 9 heavy (non-hydrogen) atoms. The van der Waals surface area contributed by atoms with E-state index in [-0.39, 0.29) is 11.2 Å². The normalized spacial score (nSPS) is 12.7. The largest absolute Gasteiger partial charge is 0.344 e. The van der Waals surface area contributed by atoms with Gasteiger partial charge in [-0.2, -0.15) is 0 Å². The lowest BCUT2D eigenvalue weighted by molar-refractivity contribution is 0.390. The van der Waals surface area contributed by atoms with E-state index in [2.05, 4.69) is 0 Å². The Labute approximate surface area is 59.0 Å². The van der Waals surface area contributed by atoms with E-state index in [1.807, 2.05) is 33.9 Å². The van der Waals surface area contributed by atoms with Crippen molar-refractivity contribution in [1.82, 2.24) is 6.15 Å². The minimum Gasteiger partial charge on any atom is -0.344 e. The monoisotopic (exact) mass is 148 g/mol. The molecule has 0 saturated heterocycles. The molecule has 0 atom stereocenters. The molecular formula is C6H18NOSi. The van der Waals surface area contributed by atoms with Gasteiger partial charge >= 0.3 is 0 Å². The van der Waals surface area contributed by atoms with E-state index in [1.165, 1.54) is 0 Å². The summed E-state index contributed by atoms with van der Waals surface area (Å²) in [5, 5.41) is 0.0208. The van der Waals surface area contributed by atoms with E-state index >= 15 is 0 Å². The molecule has 0 bridgehead atoms. The zero-order valence-electron chi connectivity index (χ0n) is 7.12. The van der Waals surface area contributed by atoms with E-state index < -0.39 is 8.32 Å². The van der Waals surface area contributed by atoms with Gasteiger partial charge in [0.05, 0.1) is 0 Å². The van der Waals surface area contributed by atoms with E-state index in [9.17, 15) is 4.80 Å². The Bertz CT molecular complexity index is 68.0. The van der Waals surface area contributed by atoms with Crippen molar-refractivity contribution < 1.29 is 4.80 Å². The number of rotatable bonds is 0. The fourth-order valence-electron chi connectivity index (χ4n) is 0. The van der Waals surface area contributed by atoms with Gasteiger partial charge in [0.15, 0.2) is 0 Å². The summed E-state index contributed by atoms with van der Waals surface area (Å²) in [6, 6.07) is 0. The van der Waals surface area contributed by atoms with Crippen LogP contribution in [0.3, 0.4) is 0 Å². The molecule has 0 fully saturated rings. The maximum absolute atomic E-state index is 11.3. The van der Waals surface area contributed by atoms with Crippen molar-refractivity contribution in [2.45, 2.75) is 38.9 Å². The third-order valence-corrected chi connectivity index (χ3v) is 5.42. The average molecular weight is 148 g/mol. The Kier molecular flexibility index (Phi) is 3.71. The maximum Gasteiger partial charge on any atom is 0.236 e. The van der Waals surface area contributed by atoms with Gasteiger partial charge in [-0.05, 0) is 18.1 Å². The molecule has 0 spiro atoms. The highest BCUT2D eigenvalue weighted by atomic mass is 28.4. The summed E-state index contributed by atoms with van der Waals surface area (Å²) in [4.78, 5) is 11.3. The van der Waals surface area contributed by atoms with Crippen molar-refractivity contribution in [1.29, 1.82) is 0 Å². The topological polar surface area (TPSA) is 54.9 Å². The van der Waals surface area contributed by atoms with Crippen molar-refractivity contribution in [3.63, 3.8) is 0 Å². The van der Waals surface area contributed by atoms with Crippen molar-refractivity contribution in [3.05, 3.63) is 0 Å². The quantitative estimate of drug-likeness (QED) is 0.527. The summed E-state index contributed by atoms with van der Waals surface area (Å²) >= 11 is 0. The fourth-order valence-corrected chi connectivity index (χ4v) is 0. The molecule has 57 valence electrons. The second kappa shape index (κ2) is 2.81. The Morgan fingerprint density at radius 1 is 1.11 bits per heavy atom. The highest BCUT2D eigenvalue weighted by Crippen LogP contribution is 2.33. The van der Waals surface area contributed by atoms with E-state index in [0.717, 1.165) is 0 Å². The smallest absolute Gasteiger partial charge is 0.236 e. The molecule has 0 saturated carbocycles. The van der Waals surface area contributed by atoms with E-state index in [4.69, 9.17) is 0 Å². The zero-order chi connectivity index (χ0) is 7.00. The first-order chi connectivity index (χ1) is 3.25. The molecule has 0 aromatic carbocycles. The van der Waals surface area contributed by atoms with Gasteiger partial charge in [-0.15, -0.1) is 0 Å². The average Bonchev–Trinajstić information content (AvgIpc) is 1.25. The molecule has 0 heterocycles. The predicted octanol–water partition coefficient (Wildman–Crippen LogP) is 2.58. The van der Waals surface area contributed by atoms with E-state index in [1.54, 1.807) is 0 Å².